The molecule has 0 aliphatic rings. The molecule has 0 amide bonds. The van der Waals surface area contributed by atoms with E-state index in [1.807, 2.05) is 0 Å². The summed E-state index contributed by atoms with van der Waals surface area (Å²) in [6, 6.07) is 14.2. The zero-order valence-electron chi connectivity index (χ0n) is 23.2. The number of carbonyl (C=O) groups is 2. The Bertz CT molecular complexity index is 1690. The average molecular weight is 633 g/mol. The van der Waals surface area contributed by atoms with Gasteiger partial charge in [0.25, 0.3) is 11.9 Å². The Hall–Kier alpha value is -5.27. The fourth-order valence-corrected chi connectivity index (χ4v) is 3.71. The van der Waals surface area contributed by atoms with Crippen LogP contribution in [0.15, 0.2) is 89.1 Å². The molecule has 2 heterocycles. The summed E-state index contributed by atoms with van der Waals surface area (Å²) in [4.78, 5) is 53.6. The molecule has 0 saturated carbocycles. The second-order valence-corrected chi connectivity index (χ2v) is 8.90. The van der Waals surface area contributed by atoms with Gasteiger partial charge >= 0.3 is 11.9 Å². The number of aromatic hydroxyl groups is 2. The number of carboxylic acids is 2. The summed E-state index contributed by atoms with van der Waals surface area (Å²) in [6.07, 6.45) is 0. The molecule has 0 aliphatic heterocycles. The quantitative estimate of drug-likeness (QED) is 0.210. The standard InChI is InChI=1S/2C15H13NO5.Co/c2*1-8-7-12(17)13(15(20)21-8)9(2)16-11-5-3-10(4-6-11)14(18)19;/h2*3-7,20H,1-2H3,(H,18,19);. The van der Waals surface area contributed by atoms with E-state index < -0.39 is 23.8 Å². The molecule has 13 heteroatoms. The van der Waals surface area contributed by atoms with E-state index in [4.69, 9.17) is 19.0 Å². The molecule has 2 aromatic carbocycles. The van der Waals surface area contributed by atoms with E-state index in [1.54, 1.807) is 27.7 Å². The SMILES string of the molecule is CC(=Nc1ccc(C(=O)O)cc1)c1c(O)oc(C)cc1=O.CC(=Nc1ccc(C(=O)O)cc1)c1c(O)oc(C)cc1=O.[Co]. The Morgan fingerprint density at radius 3 is 1.19 bits per heavy atom. The van der Waals surface area contributed by atoms with Gasteiger partial charge in [0.15, 0.2) is 10.9 Å². The average Bonchev–Trinajstić information content (AvgIpc) is 2.88. The molecule has 43 heavy (non-hydrogen) atoms. The molecular weight excluding hydrogens is 607 g/mol. The van der Waals surface area contributed by atoms with Crippen LogP contribution in [0.2, 0.25) is 0 Å². The van der Waals surface area contributed by atoms with Crippen molar-refractivity contribution >= 4 is 34.7 Å². The van der Waals surface area contributed by atoms with Crippen molar-refractivity contribution in [3.8, 4) is 11.9 Å². The molecule has 0 bridgehead atoms. The third-order valence-corrected chi connectivity index (χ3v) is 5.65. The number of rotatable bonds is 6. The Morgan fingerprint density at radius 2 is 0.930 bits per heavy atom. The van der Waals surface area contributed by atoms with Crippen LogP contribution in [0.1, 0.15) is 57.2 Å². The fraction of sp³-hybridized carbons (Fsp3) is 0.133. The molecule has 2 aromatic heterocycles. The third-order valence-electron chi connectivity index (χ3n) is 5.65. The summed E-state index contributed by atoms with van der Waals surface area (Å²) < 4.78 is 9.99. The Balaban J connectivity index is 0.000000293. The number of nitrogens with zero attached hydrogens (tertiary/aromatic N) is 2. The molecule has 12 nitrogen and oxygen atoms in total. The molecule has 0 saturated heterocycles. The van der Waals surface area contributed by atoms with Gasteiger partial charge in [-0.05, 0) is 76.2 Å². The molecule has 0 aliphatic carbocycles. The maximum absolute atomic E-state index is 11.9. The predicted octanol–water partition coefficient (Wildman–Crippen LogP) is 4.98. The first-order valence-electron chi connectivity index (χ1n) is 12.2. The van der Waals surface area contributed by atoms with E-state index >= 15 is 0 Å². The largest absolute Gasteiger partial charge is 0.480 e. The maximum atomic E-state index is 11.9. The molecular formula is C30H26CoN2O10. The van der Waals surface area contributed by atoms with Gasteiger partial charge in [-0.3, -0.25) is 19.6 Å². The molecule has 4 N–H and O–H groups in total. The van der Waals surface area contributed by atoms with Crippen LogP contribution in [0.3, 0.4) is 0 Å². The Labute approximate surface area is 254 Å². The smallest absolute Gasteiger partial charge is 0.335 e. The minimum absolute atomic E-state index is 0. The zero-order valence-corrected chi connectivity index (χ0v) is 24.3. The number of aliphatic imine (C=N–C) groups is 2. The van der Waals surface area contributed by atoms with Crippen molar-refractivity contribution < 1.29 is 55.6 Å². The molecule has 4 aromatic rings. The van der Waals surface area contributed by atoms with Crippen molar-refractivity contribution in [2.75, 3.05) is 0 Å². The van der Waals surface area contributed by atoms with E-state index in [1.165, 1.54) is 60.7 Å². The van der Waals surface area contributed by atoms with Crippen LogP contribution >= 0.6 is 0 Å². The first-order chi connectivity index (χ1) is 19.8. The van der Waals surface area contributed by atoms with Crippen LogP contribution in [0.25, 0.3) is 0 Å². The van der Waals surface area contributed by atoms with E-state index in [0.717, 1.165) is 0 Å². The van der Waals surface area contributed by atoms with Gasteiger partial charge < -0.3 is 29.3 Å². The summed E-state index contributed by atoms with van der Waals surface area (Å²) in [5.74, 6) is -2.41. The van der Waals surface area contributed by atoms with Crippen molar-refractivity contribution in [1.29, 1.82) is 0 Å². The first kappa shape index (κ1) is 33.9. The second-order valence-electron chi connectivity index (χ2n) is 8.90. The Kier molecular flexibility index (Phi) is 11.5. The first-order valence-corrected chi connectivity index (χ1v) is 12.2. The summed E-state index contributed by atoms with van der Waals surface area (Å²) in [5, 5.41) is 37.0. The van der Waals surface area contributed by atoms with Gasteiger partial charge in [0.1, 0.15) is 22.6 Å². The number of aryl methyl sites for hydroxylation is 2. The fourth-order valence-electron chi connectivity index (χ4n) is 3.71. The molecule has 0 fully saturated rings. The van der Waals surface area contributed by atoms with Crippen molar-refractivity contribution in [3.05, 3.63) is 115 Å². The van der Waals surface area contributed by atoms with Crippen LogP contribution < -0.4 is 10.9 Å². The van der Waals surface area contributed by atoms with Crippen molar-refractivity contribution in [2.45, 2.75) is 27.7 Å². The van der Waals surface area contributed by atoms with Gasteiger partial charge in [-0.15, -0.1) is 0 Å². The molecule has 0 atom stereocenters. The van der Waals surface area contributed by atoms with Crippen LogP contribution in [-0.2, 0) is 16.8 Å². The normalized spacial score (nSPS) is 11.2. The van der Waals surface area contributed by atoms with E-state index in [2.05, 4.69) is 9.98 Å². The summed E-state index contributed by atoms with van der Waals surface area (Å²) in [7, 11) is 0. The molecule has 0 spiro atoms. The number of benzene rings is 2. The van der Waals surface area contributed by atoms with Crippen LogP contribution in [-0.4, -0.2) is 43.8 Å². The summed E-state index contributed by atoms with van der Waals surface area (Å²) in [5.41, 5.74) is 0.987. The zero-order chi connectivity index (χ0) is 31.1. The van der Waals surface area contributed by atoms with E-state index in [9.17, 15) is 29.4 Å². The van der Waals surface area contributed by atoms with Crippen molar-refractivity contribution in [2.24, 2.45) is 9.98 Å². The van der Waals surface area contributed by atoms with Gasteiger partial charge in [-0.25, -0.2) is 9.59 Å². The van der Waals surface area contributed by atoms with Crippen LogP contribution in [0, 0.1) is 13.8 Å². The van der Waals surface area contributed by atoms with Gasteiger partial charge in [-0.1, -0.05) is 0 Å². The Morgan fingerprint density at radius 1 is 0.628 bits per heavy atom. The summed E-state index contributed by atoms with van der Waals surface area (Å²) >= 11 is 0. The second kappa shape index (κ2) is 14.6. The maximum Gasteiger partial charge on any atom is 0.335 e. The van der Waals surface area contributed by atoms with Gasteiger partial charge in [-0.2, -0.15) is 0 Å². The monoisotopic (exact) mass is 633 g/mol. The van der Waals surface area contributed by atoms with Crippen LogP contribution in [0.4, 0.5) is 11.4 Å². The third kappa shape index (κ3) is 8.85. The number of carboxylic acid groups (broad SMARTS) is 2. The van der Waals surface area contributed by atoms with E-state index in [0.29, 0.717) is 22.9 Å². The molecule has 0 unspecified atom stereocenters. The van der Waals surface area contributed by atoms with Gasteiger partial charge in [0, 0.05) is 28.9 Å². The molecule has 225 valence electrons. The summed E-state index contributed by atoms with van der Waals surface area (Å²) in [6.45, 7) is 6.24. The number of hydrogen-bond acceptors (Lipinski definition) is 10. The van der Waals surface area contributed by atoms with Crippen molar-refractivity contribution in [3.63, 3.8) is 0 Å². The van der Waals surface area contributed by atoms with Gasteiger partial charge in [0.05, 0.1) is 33.9 Å². The number of aromatic carboxylic acids is 2. The minimum Gasteiger partial charge on any atom is -0.480 e. The van der Waals surface area contributed by atoms with E-state index in [-0.39, 0.29) is 61.3 Å². The van der Waals surface area contributed by atoms with Crippen LogP contribution in [0.5, 0.6) is 11.9 Å². The number of hydrogen-bond donors (Lipinski definition) is 4. The molecule has 4 rings (SSSR count). The minimum atomic E-state index is -1.03. The molecule has 1 radical (unpaired) electrons. The van der Waals surface area contributed by atoms with Gasteiger partial charge in [0.2, 0.25) is 0 Å². The topological polar surface area (TPSA) is 200 Å². The predicted molar refractivity (Wildman–Crippen MR) is 153 cm³/mol. The van der Waals surface area contributed by atoms with Crippen molar-refractivity contribution in [1.82, 2.24) is 0 Å².